The summed E-state index contributed by atoms with van der Waals surface area (Å²) >= 11 is 0. The van der Waals surface area contributed by atoms with E-state index in [0.717, 1.165) is 19.5 Å². The number of aromatic nitrogens is 2. The summed E-state index contributed by atoms with van der Waals surface area (Å²) in [5.74, 6) is 0.140. The Hall–Kier alpha value is -2.10. The molecule has 4 nitrogen and oxygen atoms in total. The first-order chi connectivity index (χ1) is 9.24. The lowest BCUT2D eigenvalue weighted by Crippen LogP contribution is -2.34. The Morgan fingerprint density at radius 2 is 2.11 bits per heavy atom. The highest BCUT2D eigenvalue weighted by Gasteiger charge is 2.21. The van der Waals surface area contributed by atoms with Crippen molar-refractivity contribution < 1.29 is 4.79 Å². The second kappa shape index (κ2) is 4.88. The highest BCUT2D eigenvalue weighted by Crippen LogP contribution is 2.19. The van der Waals surface area contributed by atoms with E-state index in [1.807, 2.05) is 29.3 Å². The van der Waals surface area contributed by atoms with Gasteiger partial charge in [0.05, 0.1) is 12.7 Å². The Morgan fingerprint density at radius 1 is 1.32 bits per heavy atom. The van der Waals surface area contributed by atoms with Crippen molar-refractivity contribution >= 4 is 5.91 Å². The molecule has 0 saturated carbocycles. The van der Waals surface area contributed by atoms with Gasteiger partial charge in [-0.1, -0.05) is 30.3 Å². The normalized spacial score (nSPS) is 14.3. The molecule has 1 aromatic carbocycles. The Morgan fingerprint density at radius 3 is 2.84 bits per heavy atom. The standard InChI is InChI=1S/C15H17N3O/c1-12(19)17-8-7-15-14(11-17)9-16-18(15)10-13-5-3-2-4-6-13/h2-6,9H,7-8,10-11H2,1H3. The molecule has 1 aromatic heterocycles. The maximum atomic E-state index is 11.4. The van der Waals surface area contributed by atoms with Crippen LogP contribution in [0.1, 0.15) is 23.7 Å². The number of rotatable bonds is 2. The maximum absolute atomic E-state index is 11.4. The Balaban J connectivity index is 1.81. The molecule has 1 amide bonds. The van der Waals surface area contributed by atoms with Crippen LogP contribution in [0, 0.1) is 0 Å². The molecule has 4 heteroatoms. The number of benzene rings is 1. The molecule has 98 valence electrons. The summed E-state index contributed by atoms with van der Waals surface area (Å²) in [5, 5.41) is 4.47. The lowest BCUT2D eigenvalue weighted by molar-refractivity contribution is -0.129. The third-order valence-corrected chi connectivity index (χ3v) is 3.64. The maximum Gasteiger partial charge on any atom is 0.219 e. The largest absolute Gasteiger partial charge is 0.338 e. The quantitative estimate of drug-likeness (QED) is 0.821. The van der Waals surface area contributed by atoms with Crippen LogP contribution >= 0.6 is 0 Å². The van der Waals surface area contributed by atoms with Gasteiger partial charge in [0.1, 0.15) is 0 Å². The van der Waals surface area contributed by atoms with Crippen molar-refractivity contribution in [3.63, 3.8) is 0 Å². The minimum atomic E-state index is 0.140. The summed E-state index contributed by atoms with van der Waals surface area (Å²) in [6.07, 6.45) is 2.79. The van der Waals surface area contributed by atoms with Gasteiger partial charge in [0.25, 0.3) is 0 Å². The van der Waals surface area contributed by atoms with Crippen LogP contribution in [0.15, 0.2) is 36.5 Å². The van der Waals surface area contributed by atoms with Crippen LogP contribution < -0.4 is 0 Å². The van der Waals surface area contributed by atoms with Gasteiger partial charge in [-0.25, -0.2) is 0 Å². The third-order valence-electron chi connectivity index (χ3n) is 3.64. The lowest BCUT2D eigenvalue weighted by atomic mass is 10.1. The summed E-state index contributed by atoms with van der Waals surface area (Å²) < 4.78 is 2.06. The number of hydrogen-bond acceptors (Lipinski definition) is 2. The molecule has 0 N–H and O–H groups in total. The summed E-state index contributed by atoms with van der Waals surface area (Å²) in [6.45, 7) is 3.91. The van der Waals surface area contributed by atoms with Gasteiger partial charge in [-0.05, 0) is 5.56 Å². The molecule has 0 aliphatic carbocycles. The summed E-state index contributed by atoms with van der Waals surface area (Å²) in [4.78, 5) is 13.3. The highest BCUT2D eigenvalue weighted by atomic mass is 16.2. The second-order valence-corrected chi connectivity index (χ2v) is 4.95. The fourth-order valence-electron chi connectivity index (χ4n) is 2.56. The monoisotopic (exact) mass is 255 g/mol. The van der Waals surface area contributed by atoms with E-state index in [0.29, 0.717) is 6.54 Å². The van der Waals surface area contributed by atoms with E-state index in [1.54, 1.807) is 6.92 Å². The Labute approximate surface area is 112 Å². The van der Waals surface area contributed by atoms with Crippen molar-refractivity contribution in [3.05, 3.63) is 53.3 Å². The molecule has 0 spiro atoms. The zero-order valence-corrected chi connectivity index (χ0v) is 11.0. The lowest BCUT2D eigenvalue weighted by Gasteiger charge is -2.26. The molecule has 0 unspecified atom stereocenters. The van der Waals surface area contributed by atoms with E-state index in [9.17, 15) is 4.79 Å². The van der Waals surface area contributed by atoms with Gasteiger partial charge in [0, 0.05) is 37.7 Å². The molecule has 3 rings (SSSR count). The Bertz CT molecular complexity index is 589. The average Bonchev–Trinajstić information content (AvgIpc) is 2.82. The van der Waals surface area contributed by atoms with Gasteiger partial charge in [0.2, 0.25) is 5.91 Å². The SMILES string of the molecule is CC(=O)N1CCc2c(cnn2Cc2ccccc2)C1. The van der Waals surface area contributed by atoms with Crippen LogP contribution in [0.2, 0.25) is 0 Å². The molecule has 0 fully saturated rings. The van der Waals surface area contributed by atoms with Crippen molar-refractivity contribution in [2.75, 3.05) is 6.54 Å². The minimum Gasteiger partial charge on any atom is -0.338 e. The first kappa shape index (κ1) is 12.0. The van der Waals surface area contributed by atoms with Crippen LogP contribution in [-0.2, 0) is 24.3 Å². The van der Waals surface area contributed by atoms with Crippen LogP contribution in [0.4, 0.5) is 0 Å². The van der Waals surface area contributed by atoms with Crippen LogP contribution in [0.25, 0.3) is 0 Å². The predicted octanol–water partition coefficient (Wildman–Crippen LogP) is 1.84. The van der Waals surface area contributed by atoms with Crippen molar-refractivity contribution in [1.29, 1.82) is 0 Å². The number of carbonyl (C=O) groups excluding carboxylic acids is 1. The van der Waals surface area contributed by atoms with E-state index >= 15 is 0 Å². The number of hydrogen-bond donors (Lipinski definition) is 0. The number of fused-ring (bicyclic) bond motifs is 1. The summed E-state index contributed by atoms with van der Waals surface area (Å²) in [7, 11) is 0. The van der Waals surface area contributed by atoms with Crippen molar-refractivity contribution in [2.45, 2.75) is 26.4 Å². The van der Waals surface area contributed by atoms with E-state index in [1.165, 1.54) is 16.8 Å². The van der Waals surface area contributed by atoms with Crippen molar-refractivity contribution in [2.24, 2.45) is 0 Å². The third kappa shape index (κ3) is 2.38. The van der Waals surface area contributed by atoms with Crippen LogP contribution in [0.3, 0.4) is 0 Å². The first-order valence-electron chi connectivity index (χ1n) is 6.57. The fourth-order valence-corrected chi connectivity index (χ4v) is 2.56. The van der Waals surface area contributed by atoms with Gasteiger partial charge < -0.3 is 4.90 Å². The van der Waals surface area contributed by atoms with E-state index in [-0.39, 0.29) is 5.91 Å². The smallest absolute Gasteiger partial charge is 0.219 e. The van der Waals surface area contributed by atoms with Gasteiger partial charge in [0.15, 0.2) is 0 Å². The Kier molecular flexibility index (Phi) is 3.07. The minimum absolute atomic E-state index is 0.140. The molecule has 0 saturated heterocycles. The van der Waals surface area contributed by atoms with Crippen LogP contribution in [-0.4, -0.2) is 27.1 Å². The molecular formula is C15H17N3O. The van der Waals surface area contributed by atoms with Gasteiger partial charge >= 0.3 is 0 Å². The van der Waals surface area contributed by atoms with Gasteiger partial charge in [-0.15, -0.1) is 0 Å². The predicted molar refractivity (Wildman–Crippen MR) is 72.6 cm³/mol. The van der Waals surface area contributed by atoms with E-state index in [2.05, 4.69) is 21.9 Å². The van der Waals surface area contributed by atoms with Crippen molar-refractivity contribution in [1.82, 2.24) is 14.7 Å². The zero-order valence-electron chi connectivity index (χ0n) is 11.0. The second-order valence-electron chi connectivity index (χ2n) is 4.95. The van der Waals surface area contributed by atoms with Crippen LogP contribution in [0.5, 0.6) is 0 Å². The molecule has 0 radical (unpaired) electrons. The number of amides is 1. The molecule has 0 bridgehead atoms. The fraction of sp³-hybridized carbons (Fsp3) is 0.333. The molecule has 0 atom stereocenters. The topological polar surface area (TPSA) is 38.1 Å². The zero-order chi connectivity index (χ0) is 13.2. The summed E-state index contributed by atoms with van der Waals surface area (Å²) in [5.41, 5.74) is 3.70. The first-order valence-corrected chi connectivity index (χ1v) is 6.57. The highest BCUT2D eigenvalue weighted by molar-refractivity contribution is 5.73. The molecule has 19 heavy (non-hydrogen) atoms. The molecule has 1 aliphatic rings. The number of nitrogens with zero attached hydrogens (tertiary/aromatic N) is 3. The molecule has 1 aliphatic heterocycles. The molecular weight excluding hydrogens is 238 g/mol. The van der Waals surface area contributed by atoms with E-state index in [4.69, 9.17) is 0 Å². The van der Waals surface area contributed by atoms with Crippen molar-refractivity contribution in [3.8, 4) is 0 Å². The average molecular weight is 255 g/mol. The van der Waals surface area contributed by atoms with Gasteiger partial charge in [-0.2, -0.15) is 5.10 Å². The summed E-state index contributed by atoms with van der Waals surface area (Å²) in [6, 6.07) is 10.3. The number of carbonyl (C=O) groups is 1. The molecule has 2 heterocycles. The van der Waals surface area contributed by atoms with Gasteiger partial charge in [-0.3, -0.25) is 9.48 Å². The van der Waals surface area contributed by atoms with E-state index < -0.39 is 0 Å². The molecule has 2 aromatic rings.